The molecule has 2 amide bonds. The Labute approximate surface area is 151 Å². The van der Waals surface area contributed by atoms with Crippen LogP contribution in [0, 0.1) is 5.82 Å². The first-order valence-electron chi connectivity index (χ1n) is 7.72. The largest absolute Gasteiger partial charge is 0.354 e. The van der Waals surface area contributed by atoms with Gasteiger partial charge in [0, 0.05) is 18.3 Å². The number of benzene rings is 1. The molecule has 0 aromatic heterocycles. The van der Waals surface area contributed by atoms with Crippen molar-refractivity contribution in [1.82, 2.24) is 10.6 Å². The molecule has 0 aliphatic carbocycles. The third-order valence-corrected chi connectivity index (χ3v) is 4.79. The highest BCUT2D eigenvalue weighted by atomic mass is 35.5. The van der Waals surface area contributed by atoms with Crippen LogP contribution in [0.25, 0.3) is 0 Å². The van der Waals surface area contributed by atoms with Gasteiger partial charge in [0.2, 0.25) is 11.8 Å². The SMILES string of the molecule is CC(SCC(=O)Nc1ccc(F)cc1)C(=O)NCC1CCCN1.Cl. The van der Waals surface area contributed by atoms with Gasteiger partial charge in [-0.3, -0.25) is 9.59 Å². The zero-order chi connectivity index (χ0) is 16.7. The maximum atomic E-state index is 12.8. The minimum absolute atomic E-state index is 0. The van der Waals surface area contributed by atoms with E-state index in [9.17, 15) is 14.0 Å². The van der Waals surface area contributed by atoms with E-state index in [2.05, 4.69) is 16.0 Å². The Balaban J connectivity index is 0.00000288. The lowest BCUT2D eigenvalue weighted by atomic mass is 10.2. The van der Waals surface area contributed by atoms with Crippen molar-refractivity contribution < 1.29 is 14.0 Å². The van der Waals surface area contributed by atoms with Crippen molar-refractivity contribution in [2.45, 2.75) is 31.1 Å². The summed E-state index contributed by atoms with van der Waals surface area (Å²) in [6, 6.07) is 5.94. The Kier molecular flexibility index (Phi) is 9.10. The van der Waals surface area contributed by atoms with Crippen molar-refractivity contribution in [1.29, 1.82) is 0 Å². The molecule has 2 rings (SSSR count). The van der Waals surface area contributed by atoms with Gasteiger partial charge in [-0.2, -0.15) is 0 Å². The molecule has 0 spiro atoms. The molecule has 5 nitrogen and oxygen atoms in total. The van der Waals surface area contributed by atoms with Gasteiger partial charge in [-0.15, -0.1) is 24.2 Å². The number of nitrogens with one attached hydrogen (secondary N) is 3. The smallest absolute Gasteiger partial charge is 0.234 e. The van der Waals surface area contributed by atoms with E-state index in [4.69, 9.17) is 0 Å². The molecule has 0 saturated carbocycles. The summed E-state index contributed by atoms with van der Waals surface area (Å²) in [7, 11) is 0. The highest BCUT2D eigenvalue weighted by molar-refractivity contribution is 8.01. The minimum Gasteiger partial charge on any atom is -0.354 e. The standard InChI is InChI=1S/C16H22FN3O2S.ClH/c1-11(16(22)19-9-14-3-2-8-18-14)23-10-15(21)20-13-6-4-12(17)5-7-13;/h4-7,11,14,18H,2-3,8-10H2,1H3,(H,19,22)(H,20,21);1H. The molecule has 2 atom stereocenters. The van der Waals surface area contributed by atoms with Crippen LogP contribution in [0.5, 0.6) is 0 Å². The first kappa shape index (κ1) is 20.7. The van der Waals surface area contributed by atoms with Crippen LogP contribution in [0.2, 0.25) is 0 Å². The number of hydrogen-bond donors (Lipinski definition) is 3. The zero-order valence-electron chi connectivity index (χ0n) is 13.5. The van der Waals surface area contributed by atoms with E-state index in [0.717, 1.165) is 19.4 Å². The second-order valence-electron chi connectivity index (χ2n) is 5.55. The summed E-state index contributed by atoms with van der Waals surface area (Å²) in [5.74, 6) is -0.440. The first-order chi connectivity index (χ1) is 11.0. The van der Waals surface area contributed by atoms with Crippen LogP contribution >= 0.6 is 24.2 Å². The number of hydrogen-bond acceptors (Lipinski definition) is 4. The Hall–Kier alpha value is -1.31. The molecule has 1 fully saturated rings. The van der Waals surface area contributed by atoms with E-state index in [1.807, 2.05) is 0 Å². The molecule has 134 valence electrons. The maximum absolute atomic E-state index is 12.8. The summed E-state index contributed by atoms with van der Waals surface area (Å²) in [6.07, 6.45) is 2.23. The summed E-state index contributed by atoms with van der Waals surface area (Å²) in [5, 5.41) is 8.60. The minimum atomic E-state index is -0.348. The topological polar surface area (TPSA) is 70.2 Å². The molecule has 0 radical (unpaired) electrons. The lowest BCUT2D eigenvalue weighted by Gasteiger charge is -2.15. The second-order valence-corrected chi connectivity index (χ2v) is 6.88. The van der Waals surface area contributed by atoms with Gasteiger partial charge in [0.1, 0.15) is 5.82 Å². The highest BCUT2D eigenvalue weighted by Crippen LogP contribution is 2.13. The molecular weight excluding hydrogens is 353 g/mol. The van der Waals surface area contributed by atoms with Crippen LogP contribution in [-0.4, -0.2) is 41.9 Å². The van der Waals surface area contributed by atoms with E-state index in [1.54, 1.807) is 6.92 Å². The number of rotatable bonds is 7. The number of halogens is 2. The van der Waals surface area contributed by atoms with Crippen LogP contribution in [0.15, 0.2) is 24.3 Å². The van der Waals surface area contributed by atoms with Crippen LogP contribution in [0.1, 0.15) is 19.8 Å². The van der Waals surface area contributed by atoms with E-state index in [1.165, 1.54) is 36.0 Å². The van der Waals surface area contributed by atoms with E-state index >= 15 is 0 Å². The van der Waals surface area contributed by atoms with Crippen molar-refractivity contribution in [2.75, 3.05) is 24.2 Å². The van der Waals surface area contributed by atoms with Gasteiger partial charge in [0.15, 0.2) is 0 Å². The number of anilines is 1. The lowest BCUT2D eigenvalue weighted by molar-refractivity contribution is -0.120. The zero-order valence-corrected chi connectivity index (χ0v) is 15.1. The quantitative estimate of drug-likeness (QED) is 0.683. The molecule has 8 heteroatoms. The number of carbonyl (C=O) groups is 2. The number of thioether (sulfide) groups is 1. The van der Waals surface area contributed by atoms with E-state index in [-0.39, 0.29) is 41.0 Å². The van der Waals surface area contributed by atoms with Crippen molar-refractivity contribution in [3.63, 3.8) is 0 Å². The Morgan fingerprint density at radius 1 is 1.38 bits per heavy atom. The van der Waals surface area contributed by atoms with Gasteiger partial charge >= 0.3 is 0 Å². The number of carbonyl (C=O) groups excluding carboxylic acids is 2. The molecule has 2 unspecified atom stereocenters. The average Bonchev–Trinajstić information content (AvgIpc) is 3.06. The summed E-state index contributed by atoms with van der Waals surface area (Å²) < 4.78 is 12.8. The van der Waals surface area contributed by atoms with Crippen LogP contribution < -0.4 is 16.0 Å². The lowest BCUT2D eigenvalue weighted by Crippen LogP contribution is -2.40. The fourth-order valence-electron chi connectivity index (χ4n) is 2.31. The van der Waals surface area contributed by atoms with Crippen molar-refractivity contribution in [2.24, 2.45) is 0 Å². The summed E-state index contributed by atoms with van der Waals surface area (Å²) in [4.78, 5) is 23.8. The molecule has 1 aromatic carbocycles. The van der Waals surface area contributed by atoms with Crippen molar-refractivity contribution in [3.8, 4) is 0 Å². The molecular formula is C16H23ClFN3O2S. The third kappa shape index (κ3) is 7.07. The van der Waals surface area contributed by atoms with Gasteiger partial charge in [0.05, 0.1) is 11.0 Å². The summed E-state index contributed by atoms with van der Waals surface area (Å²) in [5.41, 5.74) is 0.543. The fourth-order valence-corrected chi connectivity index (χ4v) is 3.01. The Morgan fingerprint density at radius 2 is 2.08 bits per heavy atom. The molecule has 24 heavy (non-hydrogen) atoms. The van der Waals surface area contributed by atoms with Crippen LogP contribution in [0.3, 0.4) is 0 Å². The monoisotopic (exact) mass is 375 g/mol. The predicted molar refractivity (Wildman–Crippen MR) is 98.2 cm³/mol. The normalized spacial score (nSPS) is 17.7. The third-order valence-electron chi connectivity index (χ3n) is 3.65. The molecule has 0 bridgehead atoms. The van der Waals surface area contributed by atoms with E-state index in [0.29, 0.717) is 18.3 Å². The van der Waals surface area contributed by atoms with Gasteiger partial charge in [-0.05, 0) is 50.6 Å². The molecule has 3 N–H and O–H groups in total. The van der Waals surface area contributed by atoms with Crippen molar-refractivity contribution >= 4 is 41.7 Å². The van der Waals surface area contributed by atoms with Crippen LogP contribution in [-0.2, 0) is 9.59 Å². The highest BCUT2D eigenvalue weighted by Gasteiger charge is 2.18. The van der Waals surface area contributed by atoms with E-state index < -0.39 is 0 Å². The summed E-state index contributed by atoms with van der Waals surface area (Å²) >= 11 is 1.28. The van der Waals surface area contributed by atoms with Gasteiger partial charge in [-0.1, -0.05) is 0 Å². The molecule has 1 heterocycles. The molecule has 1 aromatic rings. The van der Waals surface area contributed by atoms with Crippen molar-refractivity contribution in [3.05, 3.63) is 30.1 Å². The van der Waals surface area contributed by atoms with Gasteiger partial charge in [-0.25, -0.2) is 4.39 Å². The maximum Gasteiger partial charge on any atom is 0.234 e. The Bertz CT molecular complexity index is 539. The fraction of sp³-hybridized carbons (Fsp3) is 0.500. The average molecular weight is 376 g/mol. The van der Waals surface area contributed by atoms with Gasteiger partial charge in [0.25, 0.3) is 0 Å². The summed E-state index contributed by atoms with van der Waals surface area (Å²) in [6.45, 7) is 3.42. The predicted octanol–water partition coefficient (Wildman–Crippen LogP) is 2.18. The molecule has 1 aliphatic heterocycles. The Morgan fingerprint density at radius 3 is 2.71 bits per heavy atom. The number of amides is 2. The molecule has 1 saturated heterocycles. The second kappa shape index (κ2) is 10.5. The van der Waals surface area contributed by atoms with Crippen LogP contribution in [0.4, 0.5) is 10.1 Å². The van der Waals surface area contributed by atoms with Gasteiger partial charge < -0.3 is 16.0 Å². The first-order valence-corrected chi connectivity index (χ1v) is 8.77. The molecule has 1 aliphatic rings.